The molecule has 1 heterocycles. The van der Waals surface area contributed by atoms with Gasteiger partial charge in [0.15, 0.2) is 5.69 Å². The molecule has 0 saturated carbocycles. The van der Waals surface area contributed by atoms with Gasteiger partial charge in [-0.05, 0) is 0 Å². The minimum Gasteiger partial charge on any atom is -0.395 e. The van der Waals surface area contributed by atoms with Gasteiger partial charge in [0.1, 0.15) is 6.07 Å². The summed E-state index contributed by atoms with van der Waals surface area (Å²) in [7, 11) is 0. The average Bonchev–Trinajstić information content (AvgIpc) is 2.08. The van der Waals surface area contributed by atoms with Crippen molar-refractivity contribution in [2.24, 2.45) is 0 Å². The van der Waals surface area contributed by atoms with E-state index in [1.807, 2.05) is 0 Å². The number of nitrogens with zero attached hydrogens (tertiary/aromatic N) is 2. The van der Waals surface area contributed by atoms with E-state index in [1.54, 1.807) is 0 Å². The molecule has 0 bridgehead atoms. The Bertz CT molecular complexity index is 427. The smallest absolute Gasteiger partial charge is 0.395 e. The Kier molecular flexibility index (Phi) is 2.90. The second-order valence-corrected chi connectivity index (χ2v) is 2.77. The summed E-state index contributed by atoms with van der Waals surface area (Å²) in [5.41, 5.74) is 4.67. The molecule has 80 valence electrons. The first-order valence-corrected chi connectivity index (χ1v) is 3.83. The number of anilines is 1. The second kappa shape index (κ2) is 3.82. The van der Waals surface area contributed by atoms with E-state index in [0.29, 0.717) is 0 Å². The van der Waals surface area contributed by atoms with Gasteiger partial charge in [0.05, 0.1) is 10.7 Å². The molecule has 1 aromatic heterocycles. The van der Waals surface area contributed by atoms with Gasteiger partial charge >= 0.3 is 6.36 Å². The molecular weight excluding hydrogens is 235 g/mol. The summed E-state index contributed by atoms with van der Waals surface area (Å²) in [5.74, 6) is -0.821. The number of nitrogens with two attached hydrogens (primary N) is 1. The normalized spacial score (nSPS) is 10.9. The van der Waals surface area contributed by atoms with Crippen LogP contribution in [0, 0.1) is 11.3 Å². The Morgan fingerprint density at radius 1 is 1.53 bits per heavy atom. The summed E-state index contributed by atoms with van der Waals surface area (Å²) in [4.78, 5) is 3.22. The molecule has 0 saturated heterocycles. The molecule has 15 heavy (non-hydrogen) atoms. The van der Waals surface area contributed by atoms with Gasteiger partial charge in [-0.15, -0.1) is 13.2 Å². The Morgan fingerprint density at radius 2 is 2.13 bits per heavy atom. The first-order chi connectivity index (χ1) is 6.83. The van der Waals surface area contributed by atoms with Crippen molar-refractivity contribution in [3.63, 3.8) is 0 Å². The fraction of sp³-hybridized carbons (Fsp3) is 0.143. The van der Waals surface area contributed by atoms with Gasteiger partial charge in [0.2, 0.25) is 5.88 Å². The number of hydrogen-bond donors (Lipinski definition) is 1. The minimum absolute atomic E-state index is 0.186. The van der Waals surface area contributed by atoms with Gasteiger partial charge in [-0.3, -0.25) is 0 Å². The molecule has 0 atom stereocenters. The van der Waals surface area contributed by atoms with Gasteiger partial charge in [-0.1, -0.05) is 11.6 Å². The lowest BCUT2D eigenvalue weighted by atomic mass is 10.3. The highest BCUT2D eigenvalue weighted by molar-refractivity contribution is 6.33. The molecule has 2 N–H and O–H groups in total. The van der Waals surface area contributed by atoms with Crippen LogP contribution in [-0.4, -0.2) is 11.3 Å². The van der Waals surface area contributed by atoms with Crippen molar-refractivity contribution in [3.8, 4) is 11.9 Å². The van der Waals surface area contributed by atoms with Crippen molar-refractivity contribution in [2.45, 2.75) is 6.36 Å². The lowest BCUT2D eigenvalue weighted by Crippen LogP contribution is -2.18. The van der Waals surface area contributed by atoms with Gasteiger partial charge in [-0.25, -0.2) is 4.98 Å². The molecule has 0 aliphatic rings. The highest BCUT2D eigenvalue weighted by Gasteiger charge is 2.32. The van der Waals surface area contributed by atoms with Crippen LogP contribution in [0.4, 0.5) is 18.9 Å². The van der Waals surface area contributed by atoms with E-state index in [0.717, 1.165) is 6.07 Å². The maximum absolute atomic E-state index is 11.8. The number of halogens is 4. The molecular formula is C7H3ClF3N3O. The Hall–Kier alpha value is -1.68. The molecule has 1 aromatic rings. The predicted octanol–water partition coefficient (Wildman–Crippen LogP) is 2.09. The molecule has 0 radical (unpaired) electrons. The van der Waals surface area contributed by atoms with E-state index in [-0.39, 0.29) is 10.7 Å². The third kappa shape index (κ3) is 2.89. The molecule has 0 aliphatic carbocycles. The lowest BCUT2D eigenvalue weighted by molar-refractivity contribution is -0.276. The number of nitriles is 1. The standard InChI is InChI=1S/C7H3ClF3N3O/c8-3-1-5(15-7(9,10)11)14-4(2-12)6(3)13/h1H,13H2. The van der Waals surface area contributed by atoms with Gasteiger partial charge in [0, 0.05) is 6.07 Å². The van der Waals surface area contributed by atoms with E-state index in [2.05, 4.69) is 9.72 Å². The zero-order valence-electron chi connectivity index (χ0n) is 6.97. The zero-order chi connectivity index (χ0) is 11.6. The van der Waals surface area contributed by atoms with E-state index < -0.39 is 17.9 Å². The van der Waals surface area contributed by atoms with E-state index in [1.165, 1.54) is 6.07 Å². The molecule has 0 aliphatic heterocycles. The summed E-state index contributed by atoms with van der Waals surface area (Å²) in [6, 6.07) is 2.28. The maximum Gasteiger partial charge on any atom is 0.574 e. The largest absolute Gasteiger partial charge is 0.574 e. The Balaban J connectivity index is 3.13. The predicted molar refractivity (Wildman–Crippen MR) is 45.1 cm³/mol. The third-order valence-electron chi connectivity index (χ3n) is 1.31. The number of hydrogen-bond acceptors (Lipinski definition) is 4. The van der Waals surface area contributed by atoms with Crippen LogP contribution in [0.3, 0.4) is 0 Å². The van der Waals surface area contributed by atoms with E-state index >= 15 is 0 Å². The average molecular weight is 238 g/mol. The van der Waals surface area contributed by atoms with Crippen molar-refractivity contribution in [2.75, 3.05) is 5.73 Å². The van der Waals surface area contributed by atoms with E-state index in [9.17, 15) is 13.2 Å². The van der Waals surface area contributed by atoms with Crippen molar-refractivity contribution in [1.82, 2.24) is 4.98 Å². The first-order valence-electron chi connectivity index (χ1n) is 3.45. The van der Waals surface area contributed by atoms with Crippen LogP contribution in [0.5, 0.6) is 5.88 Å². The zero-order valence-corrected chi connectivity index (χ0v) is 7.73. The number of pyridine rings is 1. The first kappa shape index (κ1) is 11.4. The number of ether oxygens (including phenoxy) is 1. The number of alkyl halides is 3. The quantitative estimate of drug-likeness (QED) is 0.812. The summed E-state index contributed by atoms with van der Waals surface area (Å²) in [5, 5.41) is 8.26. The molecule has 0 spiro atoms. The highest BCUT2D eigenvalue weighted by Crippen LogP contribution is 2.28. The molecule has 0 fully saturated rings. The number of aromatic nitrogens is 1. The second-order valence-electron chi connectivity index (χ2n) is 2.36. The summed E-state index contributed by atoms with van der Waals surface area (Å²) < 4.78 is 38.8. The number of rotatable bonds is 1. The van der Waals surface area contributed by atoms with Crippen LogP contribution in [0.1, 0.15) is 5.69 Å². The van der Waals surface area contributed by atoms with Crippen molar-refractivity contribution in [3.05, 3.63) is 16.8 Å². The third-order valence-corrected chi connectivity index (χ3v) is 1.62. The lowest BCUT2D eigenvalue weighted by Gasteiger charge is -2.09. The van der Waals surface area contributed by atoms with Crippen molar-refractivity contribution < 1.29 is 17.9 Å². The topological polar surface area (TPSA) is 71.9 Å². The van der Waals surface area contributed by atoms with Crippen LogP contribution in [0.15, 0.2) is 6.07 Å². The summed E-state index contributed by atoms with van der Waals surface area (Å²) in [6.45, 7) is 0. The molecule has 0 unspecified atom stereocenters. The summed E-state index contributed by atoms with van der Waals surface area (Å²) >= 11 is 5.46. The Morgan fingerprint density at radius 3 is 2.60 bits per heavy atom. The highest BCUT2D eigenvalue weighted by atomic mass is 35.5. The van der Waals surface area contributed by atoms with Gasteiger partial charge < -0.3 is 10.5 Å². The van der Waals surface area contributed by atoms with E-state index in [4.69, 9.17) is 22.6 Å². The van der Waals surface area contributed by atoms with Crippen LogP contribution in [0.25, 0.3) is 0 Å². The minimum atomic E-state index is -4.89. The molecule has 8 heteroatoms. The molecule has 0 amide bonds. The fourth-order valence-electron chi connectivity index (χ4n) is 0.758. The molecule has 0 aromatic carbocycles. The number of nitrogen functional groups attached to an aromatic ring is 1. The monoisotopic (exact) mass is 237 g/mol. The Labute approximate surface area is 87.0 Å². The van der Waals surface area contributed by atoms with Crippen molar-refractivity contribution >= 4 is 17.3 Å². The van der Waals surface area contributed by atoms with Gasteiger partial charge in [0.25, 0.3) is 0 Å². The van der Waals surface area contributed by atoms with Crippen LogP contribution in [-0.2, 0) is 0 Å². The molecule has 1 rings (SSSR count). The van der Waals surface area contributed by atoms with Crippen LogP contribution >= 0.6 is 11.6 Å². The van der Waals surface area contributed by atoms with Crippen LogP contribution < -0.4 is 10.5 Å². The fourth-order valence-corrected chi connectivity index (χ4v) is 0.941. The van der Waals surface area contributed by atoms with Crippen molar-refractivity contribution in [1.29, 1.82) is 5.26 Å². The molecule has 4 nitrogen and oxygen atoms in total. The van der Waals surface area contributed by atoms with Crippen LogP contribution in [0.2, 0.25) is 5.02 Å². The summed E-state index contributed by atoms with van der Waals surface area (Å²) in [6.07, 6.45) is -4.89. The van der Waals surface area contributed by atoms with Gasteiger partial charge in [-0.2, -0.15) is 5.26 Å². The maximum atomic E-state index is 11.8. The SMILES string of the molecule is N#Cc1nc(OC(F)(F)F)cc(Cl)c1N.